The van der Waals surface area contributed by atoms with E-state index in [9.17, 15) is 30.1 Å². The van der Waals surface area contributed by atoms with Gasteiger partial charge in [-0.25, -0.2) is 4.79 Å². The molecule has 1 amide bonds. The first kappa shape index (κ1) is 22.6. The SMILES string of the molecule is CN(C(=O)O)C1(COc2cnc(-c3ccc([N+](=O)[O-])cc3)c(-c3ccc([N+](=O)[O-])cc3)c2)CC1. The lowest BCUT2D eigenvalue weighted by atomic mass is 9.99. The van der Waals surface area contributed by atoms with Crippen molar-refractivity contribution in [1.82, 2.24) is 9.88 Å². The van der Waals surface area contributed by atoms with Crippen molar-refractivity contribution in [2.24, 2.45) is 0 Å². The van der Waals surface area contributed by atoms with Crippen LogP contribution >= 0.6 is 0 Å². The maximum atomic E-state index is 11.3. The van der Waals surface area contributed by atoms with E-state index in [1.165, 1.54) is 42.4 Å². The maximum Gasteiger partial charge on any atom is 0.407 e. The highest BCUT2D eigenvalue weighted by atomic mass is 16.6. The van der Waals surface area contributed by atoms with E-state index >= 15 is 0 Å². The first-order valence-corrected chi connectivity index (χ1v) is 10.3. The number of pyridine rings is 1. The number of carboxylic acid groups (broad SMARTS) is 1. The van der Waals surface area contributed by atoms with Gasteiger partial charge in [-0.15, -0.1) is 0 Å². The predicted molar refractivity (Wildman–Crippen MR) is 122 cm³/mol. The number of amides is 1. The molecule has 0 saturated heterocycles. The molecule has 0 bridgehead atoms. The normalized spacial score (nSPS) is 13.7. The Morgan fingerprint density at radius 1 is 1.03 bits per heavy atom. The minimum atomic E-state index is -1.03. The Kier molecular flexibility index (Phi) is 5.84. The summed E-state index contributed by atoms with van der Waals surface area (Å²) in [6.45, 7) is 0.161. The number of ether oxygens (including phenoxy) is 1. The molecule has 1 fully saturated rings. The first-order valence-electron chi connectivity index (χ1n) is 10.3. The highest BCUT2D eigenvalue weighted by molar-refractivity contribution is 5.82. The summed E-state index contributed by atoms with van der Waals surface area (Å²) >= 11 is 0. The molecule has 11 heteroatoms. The smallest absolute Gasteiger partial charge is 0.407 e. The molecule has 174 valence electrons. The summed E-state index contributed by atoms with van der Waals surface area (Å²) in [6, 6.07) is 13.6. The van der Waals surface area contributed by atoms with Gasteiger partial charge in [-0.1, -0.05) is 0 Å². The Hall–Kier alpha value is -4.54. The van der Waals surface area contributed by atoms with Gasteiger partial charge in [0.1, 0.15) is 12.4 Å². The monoisotopic (exact) mass is 464 g/mol. The number of non-ortho nitro benzene ring substituents is 2. The lowest BCUT2D eigenvalue weighted by Gasteiger charge is -2.25. The average Bonchev–Trinajstić information content (AvgIpc) is 3.63. The summed E-state index contributed by atoms with van der Waals surface area (Å²) < 4.78 is 5.91. The van der Waals surface area contributed by atoms with Crippen LogP contribution in [0.3, 0.4) is 0 Å². The third-order valence-corrected chi connectivity index (χ3v) is 5.94. The van der Waals surface area contributed by atoms with E-state index in [0.29, 0.717) is 41.0 Å². The zero-order valence-corrected chi connectivity index (χ0v) is 18.1. The van der Waals surface area contributed by atoms with Crippen LogP contribution in [-0.2, 0) is 0 Å². The van der Waals surface area contributed by atoms with Gasteiger partial charge in [0.25, 0.3) is 11.4 Å². The van der Waals surface area contributed by atoms with Gasteiger partial charge in [0.2, 0.25) is 0 Å². The minimum Gasteiger partial charge on any atom is -0.490 e. The largest absolute Gasteiger partial charge is 0.490 e. The molecule has 11 nitrogen and oxygen atoms in total. The number of rotatable bonds is 8. The first-order chi connectivity index (χ1) is 16.2. The topological polar surface area (TPSA) is 149 Å². The maximum absolute atomic E-state index is 11.3. The second kappa shape index (κ2) is 8.77. The Morgan fingerprint density at radius 2 is 1.56 bits per heavy atom. The second-order valence-electron chi connectivity index (χ2n) is 8.03. The summed E-state index contributed by atoms with van der Waals surface area (Å²) in [6.07, 6.45) is 1.86. The fourth-order valence-electron chi connectivity index (χ4n) is 3.62. The fraction of sp³-hybridized carbons (Fsp3) is 0.217. The number of aromatic nitrogens is 1. The third kappa shape index (κ3) is 4.49. The highest BCUT2D eigenvalue weighted by Crippen LogP contribution is 2.42. The molecule has 1 saturated carbocycles. The molecule has 1 N–H and O–H groups in total. The zero-order valence-electron chi connectivity index (χ0n) is 18.1. The summed E-state index contributed by atoms with van der Waals surface area (Å²) in [5.41, 5.74) is 1.69. The van der Waals surface area contributed by atoms with Crippen molar-refractivity contribution in [3.8, 4) is 28.1 Å². The molecule has 4 rings (SSSR count). The number of likely N-dealkylation sites (N-methyl/N-ethyl adjacent to an activating group) is 1. The summed E-state index contributed by atoms with van der Waals surface area (Å²) in [7, 11) is 1.51. The van der Waals surface area contributed by atoms with Gasteiger partial charge in [0.05, 0.1) is 27.3 Å². The predicted octanol–water partition coefficient (Wildman–Crippen LogP) is 4.75. The van der Waals surface area contributed by atoms with E-state index in [4.69, 9.17) is 4.74 Å². The number of nitro groups is 2. The van der Waals surface area contributed by atoms with Crippen LogP contribution in [0.5, 0.6) is 5.75 Å². The minimum absolute atomic E-state index is 0.0575. The molecule has 1 aliphatic rings. The molecule has 1 aliphatic carbocycles. The average molecular weight is 464 g/mol. The second-order valence-corrected chi connectivity index (χ2v) is 8.03. The molecule has 0 spiro atoms. The van der Waals surface area contributed by atoms with Crippen LogP contribution in [-0.4, -0.2) is 50.1 Å². The number of benzene rings is 2. The van der Waals surface area contributed by atoms with E-state index in [0.717, 1.165) is 0 Å². The molecule has 3 aromatic rings. The summed E-state index contributed by atoms with van der Waals surface area (Å²) in [5.74, 6) is 0.407. The molecule has 1 aromatic heterocycles. The van der Waals surface area contributed by atoms with Crippen LogP contribution in [0.2, 0.25) is 0 Å². The van der Waals surface area contributed by atoms with Gasteiger partial charge >= 0.3 is 6.09 Å². The van der Waals surface area contributed by atoms with Crippen LogP contribution in [0.1, 0.15) is 12.8 Å². The van der Waals surface area contributed by atoms with Crippen LogP contribution in [0.4, 0.5) is 16.2 Å². The number of hydrogen-bond donors (Lipinski definition) is 1. The summed E-state index contributed by atoms with van der Waals surface area (Å²) in [5, 5.41) is 31.3. The van der Waals surface area contributed by atoms with Gasteiger partial charge in [0, 0.05) is 42.4 Å². The van der Waals surface area contributed by atoms with Crippen molar-refractivity contribution < 1.29 is 24.5 Å². The van der Waals surface area contributed by atoms with Gasteiger partial charge in [0.15, 0.2) is 0 Å². The van der Waals surface area contributed by atoms with Gasteiger partial charge in [-0.05, 0) is 48.7 Å². The molecule has 0 unspecified atom stereocenters. The van der Waals surface area contributed by atoms with Crippen LogP contribution in [0.25, 0.3) is 22.4 Å². The molecular weight excluding hydrogens is 444 g/mol. The van der Waals surface area contributed by atoms with Gasteiger partial charge < -0.3 is 14.7 Å². The Balaban J connectivity index is 1.69. The van der Waals surface area contributed by atoms with Gasteiger partial charge in [-0.3, -0.25) is 25.2 Å². The van der Waals surface area contributed by atoms with Crippen molar-refractivity contribution in [3.63, 3.8) is 0 Å². The van der Waals surface area contributed by atoms with E-state index in [-0.39, 0.29) is 18.0 Å². The fourth-order valence-corrected chi connectivity index (χ4v) is 3.62. The third-order valence-electron chi connectivity index (χ3n) is 5.94. The van der Waals surface area contributed by atoms with Crippen LogP contribution < -0.4 is 4.74 Å². The Morgan fingerprint density at radius 3 is 2.03 bits per heavy atom. The Bertz CT molecular complexity index is 1260. The number of carbonyl (C=O) groups is 1. The van der Waals surface area contributed by atoms with Crippen molar-refractivity contribution >= 4 is 17.5 Å². The number of hydrogen-bond acceptors (Lipinski definition) is 7. The van der Waals surface area contributed by atoms with E-state index in [1.807, 2.05) is 0 Å². The summed E-state index contributed by atoms with van der Waals surface area (Å²) in [4.78, 5) is 38.1. The molecular formula is C23H20N4O7. The lowest BCUT2D eigenvalue weighted by Crippen LogP contribution is -2.42. The van der Waals surface area contributed by atoms with Crippen LogP contribution in [0, 0.1) is 20.2 Å². The molecule has 34 heavy (non-hydrogen) atoms. The molecule has 1 heterocycles. The Labute approximate surface area is 193 Å². The van der Waals surface area contributed by atoms with Crippen molar-refractivity contribution in [2.75, 3.05) is 13.7 Å². The van der Waals surface area contributed by atoms with E-state index < -0.39 is 21.5 Å². The van der Waals surface area contributed by atoms with Gasteiger partial charge in [-0.2, -0.15) is 0 Å². The quantitative estimate of drug-likeness (QED) is 0.371. The van der Waals surface area contributed by atoms with Crippen molar-refractivity contribution in [3.05, 3.63) is 81.0 Å². The molecule has 0 aliphatic heterocycles. The molecule has 0 radical (unpaired) electrons. The number of nitrogens with zero attached hydrogens (tertiary/aromatic N) is 4. The van der Waals surface area contributed by atoms with Crippen LogP contribution in [0.15, 0.2) is 60.8 Å². The molecule has 0 atom stereocenters. The standard InChI is InChI=1S/C23H20N4O7/c1-25(22(28)29)23(10-11-23)14-34-19-12-20(15-2-6-17(7-3-15)26(30)31)21(24-13-19)16-4-8-18(9-5-16)27(32)33/h2-9,12-13H,10-11,14H2,1H3,(H,28,29). The number of nitro benzene ring substituents is 2. The van der Waals surface area contributed by atoms with Crippen molar-refractivity contribution in [2.45, 2.75) is 18.4 Å². The van der Waals surface area contributed by atoms with E-state index in [2.05, 4.69) is 4.98 Å². The van der Waals surface area contributed by atoms with E-state index in [1.54, 1.807) is 30.3 Å². The molecule has 2 aromatic carbocycles. The highest BCUT2D eigenvalue weighted by Gasteiger charge is 2.49. The zero-order chi connectivity index (χ0) is 24.5. The van der Waals surface area contributed by atoms with Crippen molar-refractivity contribution in [1.29, 1.82) is 0 Å². The lowest BCUT2D eigenvalue weighted by molar-refractivity contribution is -0.385.